The molecule has 1 atom stereocenters. The van der Waals surface area contributed by atoms with Gasteiger partial charge in [0.15, 0.2) is 5.69 Å². The minimum atomic E-state index is -0.0104. The Morgan fingerprint density at radius 2 is 2.20 bits per heavy atom. The van der Waals surface area contributed by atoms with Crippen LogP contribution in [0, 0.1) is 0 Å². The summed E-state index contributed by atoms with van der Waals surface area (Å²) < 4.78 is 5.85. The first kappa shape index (κ1) is 16.9. The summed E-state index contributed by atoms with van der Waals surface area (Å²) in [7, 11) is 3.47. The monoisotopic (exact) mass is 364 g/mol. The highest BCUT2D eigenvalue weighted by atomic mass is 32.2. The van der Waals surface area contributed by atoms with Gasteiger partial charge in [0.25, 0.3) is 5.91 Å². The second-order valence-corrected chi connectivity index (χ2v) is 8.95. The van der Waals surface area contributed by atoms with Crippen molar-refractivity contribution in [1.29, 1.82) is 0 Å². The lowest BCUT2D eigenvalue weighted by Gasteiger charge is -2.47. The smallest absolute Gasteiger partial charge is 0.274 e. The fourth-order valence-electron chi connectivity index (χ4n) is 3.89. The van der Waals surface area contributed by atoms with Crippen molar-refractivity contribution in [2.45, 2.75) is 36.5 Å². The van der Waals surface area contributed by atoms with Crippen molar-refractivity contribution < 1.29 is 14.3 Å². The number of ether oxygens (including phenoxy) is 1. The Kier molecular flexibility index (Phi) is 4.27. The third-order valence-corrected chi connectivity index (χ3v) is 6.95. The second kappa shape index (κ2) is 6.32. The molecule has 25 heavy (non-hydrogen) atoms. The summed E-state index contributed by atoms with van der Waals surface area (Å²) >= 11 is 1.87. The first-order chi connectivity index (χ1) is 12.0. The number of likely N-dealkylation sites (N-methyl/N-ethyl adjacent to an activating group) is 1. The van der Waals surface area contributed by atoms with Crippen molar-refractivity contribution in [2.75, 3.05) is 39.5 Å². The molecule has 136 valence electrons. The van der Waals surface area contributed by atoms with Crippen molar-refractivity contribution in [2.24, 2.45) is 0 Å². The van der Waals surface area contributed by atoms with Crippen LogP contribution in [0.3, 0.4) is 0 Å². The first-order valence-electron chi connectivity index (χ1n) is 8.78. The quantitative estimate of drug-likeness (QED) is 0.851. The summed E-state index contributed by atoms with van der Waals surface area (Å²) in [4.78, 5) is 27.8. The van der Waals surface area contributed by atoms with Crippen molar-refractivity contribution >= 4 is 23.6 Å². The number of aromatic amines is 1. The number of aromatic nitrogens is 2. The molecule has 1 spiro atoms. The van der Waals surface area contributed by atoms with Crippen LogP contribution >= 0.6 is 11.8 Å². The number of thioether (sulfide) groups is 1. The first-order valence-corrected chi connectivity index (χ1v) is 9.77. The molecule has 3 heterocycles. The number of H-pyrrole nitrogens is 1. The Labute approximate surface area is 151 Å². The molecule has 1 aliphatic carbocycles. The highest BCUT2D eigenvalue weighted by molar-refractivity contribution is 8.01. The molecular formula is C17H24N4O3S. The van der Waals surface area contributed by atoms with E-state index in [0.717, 1.165) is 55.8 Å². The fourth-order valence-corrected chi connectivity index (χ4v) is 5.44. The SMILES string of the molecule is CN(C)C(=O)CO[C@@H]1CSC2(C1)CN(C(=O)c1n[nH]c3c1CCC3)C2. The molecule has 8 heteroatoms. The molecule has 7 nitrogen and oxygen atoms in total. The van der Waals surface area contributed by atoms with Gasteiger partial charge in [0.2, 0.25) is 5.91 Å². The molecule has 0 bridgehead atoms. The summed E-state index contributed by atoms with van der Waals surface area (Å²) in [5, 5.41) is 7.26. The molecular weight excluding hydrogens is 340 g/mol. The summed E-state index contributed by atoms with van der Waals surface area (Å²) in [6.45, 7) is 1.63. The van der Waals surface area contributed by atoms with E-state index in [1.807, 2.05) is 16.7 Å². The molecule has 1 aromatic rings. The number of carbonyl (C=O) groups is 2. The van der Waals surface area contributed by atoms with Crippen LogP contribution < -0.4 is 0 Å². The number of hydrogen-bond acceptors (Lipinski definition) is 5. The molecule has 1 aromatic heterocycles. The number of nitrogens with one attached hydrogen (secondary N) is 1. The van der Waals surface area contributed by atoms with E-state index in [2.05, 4.69) is 10.2 Å². The van der Waals surface area contributed by atoms with E-state index < -0.39 is 0 Å². The van der Waals surface area contributed by atoms with E-state index >= 15 is 0 Å². The van der Waals surface area contributed by atoms with Crippen molar-refractivity contribution in [3.05, 3.63) is 17.0 Å². The zero-order valence-corrected chi connectivity index (χ0v) is 15.5. The molecule has 0 aromatic carbocycles. The van der Waals surface area contributed by atoms with E-state index in [1.165, 1.54) is 0 Å². The number of rotatable bonds is 4. The topological polar surface area (TPSA) is 78.5 Å². The minimum Gasteiger partial charge on any atom is -0.367 e. The zero-order chi connectivity index (χ0) is 17.6. The van der Waals surface area contributed by atoms with Gasteiger partial charge in [-0.05, 0) is 25.7 Å². The summed E-state index contributed by atoms with van der Waals surface area (Å²) in [5.74, 6) is 0.933. The minimum absolute atomic E-state index is 0.0104. The Morgan fingerprint density at radius 3 is 2.96 bits per heavy atom. The van der Waals surface area contributed by atoms with Gasteiger partial charge in [-0.3, -0.25) is 14.7 Å². The van der Waals surface area contributed by atoms with Gasteiger partial charge in [-0.15, -0.1) is 11.8 Å². The second-order valence-electron chi connectivity index (χ2n) is 7.46. The van der Waals surface area contributed by atoms with Crippen LogP contribution in [0.1, 0.15) is 34.6 Å². The third-order valence-electron chi connectivity index (χ3n) is 5.37. The average Bonchev–Trinajstić information content (AvgIpc) is 3.24. The Bertz CT molecular complexity index is 696. The summed E-state index contributed by atoms with van der Waals surface area (Å²) in [6, 6.07) is 0. The highest BCUT2D eigenvalue weighted by Gasteiger charge is 2.51. The van der Waals surface area contributed by atoms with Gasteiger partial charge < -0.3 is 14.5 Å². The maximum absolute atomic E-state index is 12.7. The Hall–Kier alpha value is -1.54. The van der Waals surface area contributed by atoms with Gasteiger partial charge in [0.1, 0.15) is 6.61 Å². The maximum atomic E-state index is 12.7. The lowest BCUT2D eigenvalue weighted by molar-refractivity contribution is -0.135. The largest absolute Gasteiger partial charge is 0.367 e. The predicted octanol–water partition coefficient (Wildman–Crippen LogP) is 0.703. The van der Waals surface area contributed by atoms with E-state index in [0.29, 0.717) is 5.69 Å². The number of likely N-dealkylation sites (tertiary alicyclic amines) is 1. The van der Waals surface area contributed by atoms with Gasteiger partial charge >= 0.3 is 0 Å². The number of carbonyl (C=O) groups excluding carboxylic acids is 2. The number of amides is 2. The van der Waals surface area contributed by atoms with Gasteiger partial charge in [-0.25, -0.2) is 0 Å². The molecule has 2 aliphatic heterocycles. The van der Waals surface area contributed by atoms with Gasteiger partial charge in [0.05, 0.1) is 10.9 Å². The standard InChI is InChI=1S/C17H24N4O3S/c1-20(2)14(22)7-24-11-6-17(25-8-11)9-21(10-17)16(23)15-12-4-3-5-13(12)18-19-15/h11H,3-10H2,1-2H3,(H,18,19)/t11-/m0/s1. The normalized spacial score (nSPS) is 23.6. The van der Waals surface area contributed by atoms with Crippen molar-refractivity contribution in [3.8, 4) is 0 Å². The maximum Gasteiger partial charge on any atom is 0.274 e. The molecule has 1 N–H and O–H groups in total. The van der Waals surface area contributed by atoms with Gasteiger partial charge in [-0.2, -0.15) is 5.10 Å². The van der Waals surface area contributed by atoms with Crippen molar-refractivity contribution in [3.63, 3.8) is 0 Å². The van der Waals surface area contributed by atoms with E-state index in [4.69, 9.17) is 4.74 Å². The number of hydrogen-bond donors (Lipinski definition) is 1. The number of nitrogens with zero attached hydrogens (tertiary/aromatic N) is 3. The predicted molar refractivity (Wildman–Crippen MR) is 94.8 cm³/mol. The molecule has 2 amide bonds. The van der Waals surface area contributed by atoms with Crippen LogP contribution in [0.2, 0.25) is 0 Å². The van der Waals surface area contributed by atoms with Crippen LogP contribution in [0.15, 0.2) is 0 Å². The Morgan fingerprint density at radius 1 is 1.40 bits per heavy atom. The van der Waals surface area contributed by atoms with E-state index in [9.17, 15) is 9.59 Å². The lowest BCUT2D eigenvalue weighted by atomic mass is 9.92. The summed E-state index contributed by atoms with van der Waals surface area (Å²) in [6.07, 6.45) is 4.06. The zero-order valence-electron chi connectivity index (χ0n) is 14.7. The molecule has 0 unspecified atom stereocenters. The van der Waals surface area contributed by atoms with Crippen LogP contribution in [0.4, 0.5) is 0 Å². The average molecular weight is 364 g/mol. The number of aryl methyl sites for hydroxylation is 1. The molecule has 3 aliphatic rings. The van der Waals surface area contributed by atoms with Crippen LogP contribution in [0.5, 0.6) is 0 Å². The highest BCUT2D eigenvalue weighted by Crippen LogP contribution is 2.46. The molecule has 0 saturated carbocycles. The van der Waals surface area contributed by atoms with Crippen LogP contribution in [-0.4, -0.2) is 82.2 Å². The van der Waals surface area contributed by atoms with Crippen LogP contribution in [-0.2, 0) is 22.4 Å². The van der Waals surface area contributed by atoms with Gasteiger partial charge in [0, 0.05) is 44.2 Å². The van der Waals surface area contributed by atoms with Crippen LogP contribution in [0.25, 0.3) is 0 Å². The third kappa shape index (κ3) is 3.06. The van der Waals surface area contributed by atoms with E-state index in [-0.39, 0.29) is 29.3 Å². The lowest BCUT2D eigenvalue weighted by Crippen LogP contribution is -2.61. The molecule has 2 saturated heterocycles. The fraction of sp³-hybridized carbons (Fsp3) is 0.706. The molecule has 4 rings (SSSR count). The molecule has 2 fully saturated rings. The summed E-state index contributed by atoms with van der Waals surface area (Å²) in [5.41, 5.74) is 2.87. The Balaban J connectivity index is 1.30. The van der Waals surface area contributed by atoms with Crippen molar-refractivity contribution in [1.82, 2.24) is 20.0 Å². The molecule has 0 radical (unpaired) electrons. The van der Waals surface area contributed by atoms with E-state index in [1.54, 1.807) is 19.0 Å². The van der Waals surface area contributed by atoms with Gasteiger partial charge in [-0.1, -0.05) is 0 Å². The number of fused-ring (bicyclic) bond motifs is 1.